The van der Waals surface area contributed by atoms with Crippen LogP contribution in [-0.2, 0) is 0 Å². The van der Waals surface area contributed by atoms with Crippen LogP contribution in [-0.4, -0.2) is 27.0 Å². The van der Waals surface area contributed by atoms with Crippen molar-refractivity contribution in [1.82, 2.24) is 14.6 Å². The molecule has 0 amide bonds. The molecule has 0 bridgehead atoms. The van der Waals surface area contributed by atoms with Gasteiger partial charge >= 0.3 is 0 Å². The first kappa shape index (κ1) is 16.9. The lowest BCUT2D eigenvalue weighted by Gasteiger charge is -2.06. The average molecular weight is 363 g/mol. The highest BCUT2D eigenvalue weighted by Gasteiger charge is 2.08. The number of para-hydroxylation sites is 1. The zero-order valence-electron chi connectivity index (χ0n) is 14.8. The Morgan fingerprint density at radius 3 is 2.65 bits per heavy atom. The largest absolute Gasteiger partial charge is 0.494 e. The highest BCUT2D eigenvalue weighted by atomic mass is 32.2. The fraction of sp³-hybridized carbons (Fsp3) is 0.238. The molecule has 0 spiro atoms. The lowest BCUT2D eigenvalue weighted by Crippen LogP contribution is -1.98. The summed E-state index contributed by atoms with van der Waals surface area (Å²) in [5.74, 6) is 1.94. The third-order valence-electron chi connectivity index (χ3n) is 4.31. The number of unbranched alkanes of at least 4 members (excludes halogenated alkanes) is 1. The molecule has 0 aliphatic rings. The Hall–Kier alpha value is -2.53. The van der Waals surface area contributed by atoms with E-state index in [0.29, 0.717) is 0 Å². The molecule has 2 heterocycles. The van der Waals surface area contributed by atoms with Crippen LogP contribution in [0.4, 0.5) is 0 Å². The Balaban J connectivity index is 1.32. The van der Waals surface area contributed by atoms with E-state index in [0.717, 1.165) is 47.3 Å². The molecule has 4 rings (SSSR count). The van der Waals surface area contributed by atoms with E-state index in [1.54, 1.807) is 11.8 Å². The zero-order chi connectivity index (χ0) is 17.8. The second kappa shape index (κ2) is 7.79. The van der Waals surface area contributed by atoms with Crippen molar-refractivity contribution in [2.24, 2.45) is 0 Å². The normalized spacial score (nSPS) is 11.3. The van der Waals surface area contributed by atoms with Gasteiger partial charge in [-0.05, 0) is 55.5 Å². The molecule has 0 saturated heterocycles. The van der Waals surface area contributed by atoms with E-state index in [1.165, 1.54) is 10.9 Å². The molecule has 0 N–H and O–H groups in total. The van der Waals surface area contributed by atoms with Crippen molar-refractivity contribution in [2.75, 3.05) is 12.4 Å². The summed E-state index contributed by atoms with van der Waals surface area (Å²) in [6, 6.07) is 20.7. The smallest absolute Gasteiger partial charge is 0.196 e. The molecule has 0 aliphatic heterocycles. The van der Waals surface area contributed by atoms with Crippen molar-refractivity contribution in [2.45, 2.75) is 24.9 Å². The van der Waals surface area contributed by atoms with Crippen LogP contribution in [0, 0.1) is 6.92 Å². The van der Waals surface area contributed by atoms with Gasteiger partial charge in [-0.3, -0.25) is 4.40 Å². The number of benzene rings is 2. The Labute approximate surface area is 157 Å². The predicted molar refractivity (Wildman–Crippen MR) is 107 cm³/mol. The molecule has 4 nitrogen and oxygen atoms in total. The van der Waals surface area contributed by atoms with Crippen molar-refractivity contribution in [1.29, 1.82) is 0 Å². The third-order valence-corrected chi connectivity index (χ3v) is 5.32. The van der Waals surface area contributed by atoms with E-state index in [-0.39, 0.29) is 0 Å². The van der Waals surface area contributed by atoms with E-state index >= 15 is 0 Å². The van der Waals surface area contributed by atoms with Crippen LogP contribution < -0.4 is 4.74 Å². The standard InChI is InChI=1S/C21H21N3OS/c1-16-8-11-18(12-9-16)25-14-4-5-15-26-21-23-22-20-13-10-17-6-2-3-7-19(17)24(20)21/h2-3,6-13H,4-5,14-15H2,1H3. The van der Waals surface area contributed by atoms with Crippen molar-refractivity contribution in [3.8, 4) is 5.75 Å². The summed E-state index contributed by atoms with van der Waals surface area (Å²) < 4.78 is 7.93. The van der Waals surface area contributed by atoms with E-state index in [4.69, 9.17) is 4.74 Å². The first-order valence-corrected chi connectivity index (χ1v) is 9.85. The molecular weight excluding hydrogens is 342 g/mol. The molecule has 26 heavy (non-hydrogen) atoms. The molecule has 0 atom stereocenters. The van der Waals surface area contributed by atoms with Gasteiger partial charge in [0, 0.05) is 5.75 Å². The summed E-state index contributed by atoms with van der Waals surface area (Å²) in [4.78, 5) is 0. The van der Waals surface area contributed by atoms with Gasteiger partial charge in [-0.2, -0.15) is 0 Å². The maximum Gasteiger partial charge on any atom is 0.196 e. The zero-order valence-corrected chi connectivity index (χ0v) is 15.6. The lowest BCUT2D eigenvalue weighted by atomic mass is 10.2. The van der Waals surface area contributed by atoms with Crippen LogP contribution >= 0.6 is 11.8 Å². The first-order chi connectivity index (χ1) is 12.8. The molecule has 2 aromatic carbocycles. The van der Waals surface area contributed by atoms with E-state index in [2.05, 4.69) is 64.0 Å². The van der Waals surface area contributed by atoms with Gasteiger partial charge in [-0.1, -0.05) is 47.7 Å². The van der Waals surface area contributed by atoms with E-state index in [9.17, 15) is 0 Å². The van der Waals surface area contributed by atoms with Gasteiger partial charge in [-0.25, -0.2) is 0 Å². The SMILES string of the molecule is Cc1ccc(OCCCCSc2nnc3ccc4ccccc4n23)cc1. The fourth-order valence-corrected chi connectivity index (χ4v) is 3.85. The molecule has 0 fully saturated rings. The van der Waals surface area contributed by atoms with E-state index in [1.807, 2.05) is 18.2 Å². The van der Waals surface area contributed by atoms with Gasteiger partial charge in [-0.15, -0.1) is 10.2 Å². The number of hydrogen-bond donors (Lipinski definition) is 0. The van der Waals surface area contributed by atoms with Gasteiger partial charge in [0.25, 0.3) is 0 Å². The minimum absolute atomic E-state index is 0.743. The van der Waals surface area contributed by atoms with Gasteiger partial charge in [0.15, 0.2) is 10.8 Å². The van der Waals surface area contributed by atoms with Crippen molar-refractivity contribution in [3.05, 3.63) is 66.2 Å². The number of pyridine rings is 1. The van der Waals surface area contributed by atoms with Crippen LogP contribution in [0.3, 0.4) is 0 Å². The van der Waals surface area contributed by atoms with Crippen molar-refractivity contribution in [3.63, 3.8) is 0 Å². The maximum absolute atomic E-state index is 5.78. The highest BCUT2D eigenvalue weighted by molar-refractivity contribution is 7.99. The summed E-state index contributed by atoms with van der Waals surface area (Å²) in [5.41, 5.74) is 3.30. The second-order valence-electron chi connectivity index (χ2n) is 6.29. The molecular formula is C21H21N3OS. The Morgan fingerprint density at radius 1 is 0.923 bits per heavy atom. The van der Waals surface area contributed by atoms with Gasteiger partial charge in [0.1, 0.15) is 5.75 Å². The molecule has 2 aromatic heterocycles. The predicted octanol–water partition coefficient (Wildman–Crippen LogP) is 5.14. The van der Waals surface area contributed by atoms with Crippen LogP contribution in [0.5, 0.6) is 5.75 Å². The molecule has 0 unspecified atom stereocenters. The van der Waals surface area contributed by atoms with Gasteiger partial charge in [0.05, 0.1) is 12.1 Å². The second-order valence-corrected chi connectivity index (χ2v) is 7.35. The molecule has 0 radical (unpaired) electrons. The van der Waals surface area contributed by atoms with Crippen molar-refractivity contribution < 1.29 is 4.74 Å². The maximum atomic E-state index is 5.78. The summed E-state index contributed by atoms with van der Waals surface area (Å²) in [6.07, 6.45) is 2.11. The Bertz CT molecular complexity index is 1010. The number of aromatic nitrogens is 3. The topological polar surface area (TPSA) is 39.4 Å². The Morgan fingerprint density at radius 2 is 1.77 bits per heavy atom. The minimum Gasteiger partial charge on any atom is -0.494 e. The average Bonchev–Trinajstić information content (AvgIpc) is 3.09. The molecule has 4 aromatic rings. The highest BCUT2D eigenvalue weighted by Crippen LogP contribution is 2.23. The third kappa shape index (κ3) is 3.68. The molecule has 0 aliphatic carbocycles. The number of thioether (sulfide) groups is 1. The van der Waals surface area contributed by atoms with Gasteiger partial charge in [0.2, 0.25) is 0 Å². The summed E-state index contributed by atoms with van der Waals surface area (Å²) >= 11 is 1.75. The summed E-state index contributed by atoms with van der Waals surface area (Å²) in [6.45, 7) is 2.82. The van der Waals surface area contributed by atoms with Crippen molar-refractivity contribution >= 4 is 28.3 Å². The van der Waals surface area contributed by atoms with Gasteiger partial charge < -0.3 is 4.74 Å². The molecule has 132 valence electrons. The first-order valence-electron chi connectivity index (χ1n) is 8.86. The number of nitrogens with zero attached hydrogens (tertiary/aromatic N) is 3. The lowest BCUT2D eigenvalue weighted by molar-refractivity contribution is 0.310. The van der Waals surface area contributed by atoms with Crippen LogP contribution in [0.2, 0.25) is 0 Å². The quantitative estimate of drug-likeness (QED) is 0.337. The minimum atomic E-state index is 0.743. The van der Waals surface area contributed by atoms with Crippen LogP contribution in [0.25, 0.3) is 16.6 Å². The Kier molecular flexibility index (Phi) is 5.07. The molecule has 5 heteroatoms. The number of aryl methyl sites for hydroxylation is 1. The number of hydrogen-bond acceptors (Lipinski definition) is 4. The summed E-state index contributed by atoms with van der Waals surface area (Å²) in [5, 5.41) is 10.8. The van der Waals surface area contributed by atoms with Crippen LogP contribution in [0.1, 0.15) is 18.4 Å². The summed E-state index contributed by atoms with van der Waals surface area (Å²) in [7, 11) is 0. The molecule has 0 saturated carbocycles. The number of ether oxygens (including phenoxy) is 1. The number of rotatable bonds is 7. The van der Waals surface area contributed by atoms with E-state index < -0.39 is 0 Å². The fourth-order valence-electron chi connectivity index (χ4n) is 2.90. The monoisotopic (exact) mass is 363 g/mol. The van der Waals surface area contributed by atoms with Crippen LogP contribution in [0.15, 0.2) is 65.8 Å². The number of fused-ring (bicyclic) bond motifs is 3.